The maximum atomic E-state index is 10.7. The first-order valence-corrected chi connectivity index (χ1v) is 15.1. The molecule has 0 aliphatic heterocycles. The smallest absolute Gasteiger partial charge is 0.119 e. The van der Waals surface area contributed by atoms with Crippen molar-refractivity contribution in [1.29, 1.82) is 0 Å². The maximum Gasteiger partial charge on any atom is 0.119 e. The van der Waals surface area contributed by atoms with E-state index in [1.807, 2.05) is 6.07 Å². The van der Waals surface area contributed by atoms with E-state index in [9.17, 15) is 5.11 Å². The van der Waals surface area contributed by atoms with Gasteiger partial charge in [-0.2, -0.15) is 0 Å². The largest absolute Gasteiger partial charge is 0.508 e. The van der Waals surface area contributed by atoms with Crippen molar-refractivity contribution in [3.05, 3.63) is 28.8 Å². The molecule has 0 radical (unpaired) electrons. The molecule has 1 rings (SSSR count). The van der Waals surface area contributed by atoms with Crippen LogP contribution in [0, 0.1) is 0 Å². The average Bonchev–Trinajstić information content (AvgIpc) is 2.82. The van der Waals surface area contributed by atoms with Crippen molar-refractivity contribution in [2.75, 3.05) is 0 Å². The van der Waals surface area contributed by atoms with Crippen LogP contribution in [0.1, 0.15) is 166 Å². The number of aromatic hydroxyl groups is 1. The molecule has 1 nitrogen and oxygen atoms in total. The summed E-state index contributed by atoms with van der Waals surface area (Å²) in [5, 5.41) is 10.7. The Morgan fingerprint density at radius 1 is 0.424 bits per heavy atom. The molecule has 0 fully saturated rings. The van der Waals surface area contributed by atoms with E-state index in [0.717, 1.165) is 6.42 Å². The second-order valence-electron chi connectivity index (χ2n) is 10.5. The van der Waals surface area contributed by atoms with Crippen LogP contribution in [0.3, 0.4) is 0 Å². The molecule has 192 valence electrons. The molecule has 1 aromatic rings. The lowest BCUT2D eigenvalue weighted by molar-refractivity contribution is 0.463. The fourth-order valence-electron chi connectivity index (χ4n) is 5.17. The van der Waals surface area contributed by atoms with Crippen LogP contribution in [0.4, 0.5) is 0 Å². The molecule has 0 spiro atoms. The second kappa shape index (κ2) is 21.5. The number of phenolic OH excluding ortho intramolecular Hbond substituents is 1. The Morgan fingerprint density at radius 3 is 1.24 bits per heavy atom. The first-order chi connectivity index (χ1) is 16.2. The van der Waals surface area contributed by atoms with Gasteiger partial charge in [-0.3, -0.25) is 0 Å². The minimum Gasteiger partial charge on any atom is -0.508 e. The second-order valence-corrected chi connectivity index (χ2v) is 10.5. The van der Waals surface area contributed by atoms with E-state index in [1.54, 1.807) is 0 Å². The highest BCUT2D eigenvalue weighted by Crippen LogP contribution is 2.30. The molecule has 0 aliphatic rings. The van der Waals surface area contributed by atoms with Crippen molar-refractivity contribution >= 4 is 0 Å². The van der Waals surface area contributed by atoms with Crippen LogP contribution >= 0.6 is 0 Å². The van der Waals surface area contributed by atoms with E-state index in [-0.39, 0.29) is 0 Å². The van der Waals surface area contributed by atoms with Gasteiger partial charge in [0.25, 0.3) is 0 Å². The van der Waals surface area contributed by atoms with E-state index < -0.39 is 0 Å². The molecule has 0 amide bonds. The first-order valence-electron chi connectivity index (χ1n) is 15.1. The molecule has 0 atom stereocenters. The normalized spacial score (nSPS) is 11.4. The number of aryl methyl sites for hydroxylation is 1. The Hall–Kier alpha value is -0.980. The van der Waals surface area contributed by atoms with Crippen molar-refractivity contribution in [1.82, 2.24) is 0 Å². The zero-order chi connectivity index (χ0) is 24.0. The quantitative estimate of drug-likeness (QED) is 0.162. The van der Waals surface area contributed by atoms with Gasteiger partial charge in [0.15, 0.2) is 0 Å². The van der Waals surface area contributed by atoms with Crippen molar-refractivity contribution in [3.63, 3.8) is 0 Å². The van der Waals surface area contributed by atoms with Crippen molar-refractivity contribution in [3.8, 4) is 5.75 Å². The van der Waals surface area contributed by atoms with Gasteiger partial charge in [0.1, 0.15) is 5.75 Å². The highest BCUT2D eigenvalue weighted by atomic mass is 16.3. The zero-order valence-corrected chi connectivity index (χ0v) is 22.9. The number of phenols is 1. The maximum absolute atomic E-state index is 10.7. The Morgan fingerprint density at radius 2 is 0.788 bits per heavy atom. The van der Waals surface area contributed by atoms with Crippen molar-refractivity contribution < 1.29 is 5.11 Å². The highest BCUT2D eigenvalue weighted by molar-refractivity contribution is 5.45. The van der Waals surface area contributed by atoms with E-state index in [4.69, 9.17) is 0 Å². The minimum absolute atomic E-state index is 0.560. The zero-order valence-electron chi connectivity index (χ0n) is 22.9. The molecule has 0 aromatic heterocycles. The lowest BCUT2D eigenvalue weighted by Gasteiger charge is -2.17. The summed E-state index contributed by atoms with van der Waals surface area (Å²) >= 11 is 0. The molecule has 0 saturated carbocycles. The van der Waals surface area contributed by atoms with Gasteiger partial charge in [-0.15, -0.1) is 0 Å². The molecule has 0 aliphatic carbocycles. The molecule has 1 aromatic carbocycles. The Kier molecular flexibility index (Phi) is 19.6. The van der Waals surface area contributed by atoms with Crippen LogP contribution in [-0.2, 0) is 19.3 Å². The van der Waals surface area contributed by atoms with Crippen LogP contribution in [-0.4, -0.2) is 5.11 Å². The number of rotatable bonds is 23. The van der Waals surface area contributed by atoms with Gasteiger partial charge in [-0.05, 0) is 61.3 Å². The fraction of sp³-hybridized carbons (Fsp3) is 0.812. The molecular formula is C32H58O. The van der Waals surface area contributed by atoms with E-state index in [0.29, 0.717) is 5.75 Å². The van der Waals surface area contributed by atoms with Gasteiger partial charge in [0, 0.05) is 0 Å². The number of benzene rings is 1. The minimum atomic E-state index is 0.560. The third-order valence-electron chi connectivity index (χ3n) is 7.36. The van der Waals surface area contributed by atoms with Crippen LogP contribution in [0.5, 0.6) is 5.75 Å². The lowest BCUT2D eigenvalue weighted by Crippen LogP contribution is -2.03. The molecular weight excluding hydrogens is 400 g/mol. The summed E-state index contributed by atoms with van der Waals surface area (Å²) in [5.41, 5.74) is 4.34. The molecule has 1 N–H and O–H groups in total. The number of hydrogen-bond acceptors (Lipinski definition) is 1. The summed E-state index contributed by atoms with van der Waals surface area (Å²) in [4.78, 5) is 0. The predicted octanol–water partition coefficient (Wildman–Crippen LogP) is 10.9. The standard InChI is InChI=1S/C32H58O/c1-4-7-10-13-16-18-21-24-29-27-28-32(33)31(26-23-19-15-12-9-6-3)30(29)25-22-20-17-14-11-8-5-2/h27-28,33H,4-26H2,1-3H3. The number of unbranched alkanes of at least 4 members (excludes halogenated alkanes) is 17. The van der Waals surface area contributed by atoms with Crippen LogP contribution in [0.25, 0.3) is 0 Å². The molecule has 0 heterocycles. The molecule has 0 unspecified atom stereocenters. The SMILES string of the molecule is CCCCCCCCCc1ccc(O)c(CCCCCCCC)c1CCCCCCCCC. The summed E-state index contributed by atoms with van der Waals surface area (Å²) in [6, 6.07) is 4.24. The van der Waals surface area contributed by atoms with Crippen LogP contribution in [0.2, 0.25) is 0 Å². The van der Waals surface area contributed by atoms with Gasteiger partial charge < -0.3 is 5.11 Å². The van der Waals surface area contributed by atoms with Crippen molar-refractivity contribution in [2.45, 2.75) is 168 Å². The van der Waals surface area contributed by atoms with Crippen molar-refractivity contribution in [2.24, 2.45) is 0 Å². The van der Waals surface area contributed by atoms with Gasteiger partial charge >= 0.3 is 0 Å². The molecule has 0 bridgehead atoms. The monoisotopic (exact) mass is 458 g/mol. The molecule has 33 heavy (non-hydrogen) atoms. The Bertz CT molecular complexity index is 562. The summed E-state index contributed by atoms with van der Waals surface area (Å²) in [6.07, 6.45) is 30.4. The predicted molar refractivity (Wildman–Crippen MR) is 149 cm³/mol. The van der Waals surface area contributed by atoms with Gasteiger partial charge in [0.05, 0.1) is 0 Å². The Balaban J connectivity index is 2.63. The summed E-state index contributed by atoms with van der Waals surface area (Å²) in [5.74, 6) is 0.560. The first kappa shape index (κ1) is 30.1. The van der Waals surface area contributed by atoms with Gasteiger partial charge in [-0.1, -0.05) is 136 Å². The van der Waals surface area contributed by atoms with E-state index >= 15 is 0 Å². The Labute approximate surface area is 208 Å². The van der Waals surface area contributed by atoms with Gasteiger partial charge in [-0.25, -0.2) is 0 Å². The van der Waals surface area contributed by atoms with Crippen LogP contribution < -0.4 is 0 Å². The fourth-order valence-corrected chi connectivity index (χ4v) is 5.17. The van der Waals surface area contributed by atoms with Crippen LogP contribution in [0.15, 0.2) is 12.1 Å². The van der Waals surface area contributed by atoms with Gasteiger partial charge in [0.2, 0.25) is 0 Å². The topological polar surface area (TPSA) is 20.2 Å². The van der Waals surface area contributed by atoms with E-state index in [1.165, 1.54) is 158 Å². The molecule has 1 heteroatoms. The lowest BCUT2D eigenvalue weighted by atomic mass is 9.89. The summed E-state index contributed by atoms with van der Waals surface area (Å²) < 4.78 is 0. The third kappa shape index (κ3) is 14.8. The number of hydrogen-bond donors (Lipinski definition) is 1. The summed E-state index contributed by atoms with van der Waals surface area (Å²) in [6.45, 7) is 6.87. The van der Waals surface area contributed by atoms with E-state index in [2.05, 4.69) is 26.8 Å². The third-order valence-corrected chi connectivity index (χ3v) is 7.36. The average molecular weight is 459 g/mol. The molecule has 0 saturated heterocycles. The summed E-state index contributed by atoms with van der Waals surface area (Å²) in [7, 11) is 0. The highest BCUT2D eigenvalue weighted by Gasteiger charge is 2.13.